The molecule has 10 heteroatoms. The molecule has 2 aromatic rings. The molecule has 1 fully saturated rings. The van der Waals surface area contributed by atoms with Gasteiger partial charge in [-0.05, 0) is 36.6 Å². The number of benzene rings is 2. The largest absolute Gasteiger partial charge is 0.344 e. The third kappa shape index (κ3) is 4.91. The SMILES string of the molecule is CCN(CC)S(=O)(=O)c1ccc(CCC(=O)NN2C(=O)NC(C)(c3ccccc3)C2=O)cc1. The molecule has 0 radical (unpaired) electrons. The first-order valence-corrected chi connectivity index (χ1v) is 12.2. The fourth-order valence-electron chi connectivity index (χ4n) is 3.69. The number of carbonyl (C=O) groups excluding carboxylic acids is 3. The van der Waals surface area contributed by atoms with Crippen LogP contribution in [0.2, 0.25) is 0 Å². The van der Waals surface area contributed by atoms with Gasteiger partial charge in [0.25, 0.3) is 5.91 Å². The number of sulfonamides is 1. The third-order valence-electron chi connectivity index (χ3n) is 5.69. The highest BCUT2D eigenvalue weighted by atomic mass is 32.2. The summed E-state index contributed by atoms with van der Waals surface area (Å²) in [5.74, 6) is -1.08. The Hall–Kier alpha value is -3.24. The van der Waals surface area contributed by atoms with E-state index in [0.29, 0.717) is 30.1 Å². The molecule has 33 heavy (non-hydrogen) atoms. The molecular formula is C23H28N4O5S. The normalized spacial score (nSPS) is 18.5. The van der Waals surface area contributed by atoms with Crippen molar-refractivity contribution in [1.82, 2.24) is 20.1 Å². The molecule has 1 saturated heterocycles. The Morgan fingerprint density at radius 3 is 2.21 bits per heavy atom. The number of nitrogens with zero attached hydrogens (tertiary/aromatic N) is 2. The summed E-state index contributed by atoms with van der Waals surface area (Å²) in [6, 6.07) is 14.4. The molecule has 1 heterocycles. The Bertz CT molecular complexity index is 1130. The van der Waals surface area contributed by atoms with Crippen LogP contribution in [0.4, 0.5) is 4.79 Å². The van der Waals surface area contributed by atoms with Crippen LogP contribution in [-0.2, 0) is 31.6 Å². The molecule has 176 valence electrons. The summed E-state index contributed by atoms with van der Waals surface area (Å²) in [7, 11) is -3.55. The van der Waals surface area contributed by atoms with Crippen molar-refractivity contribution in [3.05, 3.63) is 65.7 Å². The van der Waals surface area contributed by atoms with Gasteiger partial charge in [-0.1, -0.05) is 56.3 Å². The molecule has 9 nitrogen and oxygen atoms in total. The van der Waals surface area contributed by atoms with Crippen LogP contribution in [0.3, 0.4) is 0 Å². The van der Waals surface area contributed by atoms with Gasteiger partial charge in [0.2, 0.25) is 15.9 Å². The van der Waals surface area contributed by atoms with Gasteiger partial charge < -0.3 is 5.32 Å². The predicted molar refractivity (Wildman–Crippen MR) is 122 cm³/mol. The van der Waals surface area contributed by atoms with Crippen molar-refractivity contribution in [2.75, 3.05) is 13.1 Å². The number of hydrazine groups is 1. The molecule has 0 spiro atoms. The quantitative estimate of drug-likeness (QED) is 0.543. The first-order chi connectivity index (χ1) is 15.6. The Labute approximate surface area is 193 Å². The van der Waals surface area contributed by atoms with Gasteiger partial charge in [0.05, 0.1) is 4.90 Å². The Morgan fingerprint density at radius 2 is 1.64 bits per heavy atom. The van der Waals surface area contributed by atoms with E-state index in [0.717, 1.165) is 5.56 Å². The van der Waals surface area contributed by atoms with E-state index in [9.17, 15) is 22.8 Å². The first-order valence-electron chi connectivity index (χ1n) is 10.7. The Kier molecular flexibility index (Phi) is 7.19. The molecular weight excluding hydrogens is 444 g/mol. The molecule has 0 saturated carbocycles. The molecule has 3 rings (SSSR count). The maximum atomic E-state index is 12.9. The van der Waals surface area contributed by atoms with Gasteiger partial charge in [0, 0.05) is 19.5 Å². The van der Waals surface area contributed by atoms with Crippen LogP contribution in [0.1, 0.15) is 38.3 Å². The summed E-state index contributed by atoms with van der Waals surface area (Å²) in [5, 5.41) is 3.33. The van der Waals surface area contributed by atoms with Crippen LogP contribution in [0.5, 0.6) is 0 Å². The Balaban J connectivity index is 1.61. The van der Waals surface area contributed by atoms with Gasteiger partial charge in [0.1, 0.15) is 5.54 Å². The second-order valence-corrected chi connectivity index (χ2v) is 9.77. The number of nitrogens with one attached hydrogen (secondary N) is 2. The molecule has 0 aromatic heterocycles. The van der Waals surface area contributed by atoms with Gasteiger partial charge >= 0.3 is 6.03 Å². The molecule has 1 atom stereocenters. The lowest BCUT2D eigenvalue weighted by Crippen LogP contribution is -2.48. The van der Waals surface area contributed by atoms with E-state index in [1.807, 2.05) is 0 Å². The molecule has 0 bridgehead atoms. The van der Waals surface area contributed by atoms with E-state index in [1.54, 1.807) is 63.2 Å². The standard InChI is InChI=1S/C23H28N4O5S/c1-4-26(5-2)33(31,32)19-14-11-17(12-15-19)13-16-20(28)25-27-21(29)23(3,24-22(27)30)18-9-7-6-8-10-18/h6-12,14-15H,4-5,13,16H2,1-3H3,(H,24,30)(H,25,28). The van der Waals surface area contributed by atoms with Crippen molar-refractivity contribution < 1.29 is 22.8 Å². The van der Waals surface area contributed by atoms with Gasteiger partial charge in [0.15, 0.2) is 0 Å². The minimum Gasteiger partial charge on any atom is -0.318 e. The number of hydrogen-bond acceptors (Lipinski definition) is 5. The second-order valence-electron chi connectivity index (χ2n) is 7.83. The monoisotopic (exact) mass is 472 g/mol. The van der Waals surface area contributed by atoms with Crippen LogP contribution >= 0.6 is 0 Å². The minimum atomic E-state index is -3.55. The van der Waals surface area contributed by atoms with Crippen molar-refractivity contribution in [2.45, 2.75) is 44.0 Å². The minimum absolute atomic E-state index is 0.0151. The van der Waals surface area contributed by atoms with E-state index in [-0.39, 0.29) is 11.3 Å². The summed E-state index contributed by atoms with van der Waals surface area (Å²) >= 11 is 0. The summed E-state index contributed by atoms with van der Waals surface area (Å²) in [6.07, 6.45) is 0.332. The fourth-order valence-corrected chi connectivity index (χ4v) is 5.14. The number of hydrogen-bond donors (Lipinski definition) is 2. The average molecular weight is 473 g/mol. The second kappa shape index (κ2) is 9.72. The molecule has 2 N–H and O–H groups in total. The highest BCUT2D eigenvalue weighted by Gasteiger charge is 2.49. The van der Waals surface area contributed by atoms with Crippen molar-refractivity contribution >= 4 is 27.9 Å². The number of imide groups is 1. The van der Waals surface area contributed by atoms with Gasteiger partial charge in [-0.25, -0.2) is 13.2 Å². The smallest absolute Gasteiger partial charge is 0.318 e. The zero-order valence-electron chi connectivity index (χ0n) is 18.9. The summed E-state index contributed by atoms with van der Waals surface area (Å²) in [6.45, 7) is 5.91. The lowest BCUT2D eigenvalue weighted by atomic mass is 9.92. The zero-order valence-corrected chi connectivity index (χ0v) is 19.7. The van der Waals surface area contributed by atoms with Crippen molar-refractivity contribution in [1.29, 1.82) is 0 Å². The first kappa shape index (κ1) is 24.4. The number of aryl methyl sites for hydroxylation is 1. The summed E-state index contributed by atoms with van der Waals surface area (Å²) < 4.78 is 26.5. The topological polar surface area (TPSA) is 116 Å². The van der Waals surface area contributed by atoms with Crippen molar-refractivity contribution in [2.24, 2.45) is 0 Å². The van der Waals surface area contributed by atoms with Crippen LogP contribution in [-0.4, -0.2) is 48.7 Å². The van der Waals surface area contributed by atoms with E-state index in [4.69, 9.17) is 0 Å². The molecule has 1 aliphatic rings. The fraction of sp³-hybridized carbons (Fsp3) is 0.348. The third-order valence-corrected chi connectivity index (χ3v) is 7.75. The zero-order chi connectivity index (χ0) is 24.2. The highest BCUT2D eigenvalue weighted by Crippen LogP contribution is 2.27. The Morgan fingerprint density at radius 1 is 1.03 bits per heavy atom. The van der Waals surface area contributed by atoms with Crippen LogP contribution in [0.25, 0.3) is 0 Å². The van der Waals surface area contributed by atoms with E-state index in [1.165, 1.54) is 16.4 Å². The number of amides is 4. The number of carbonyl (C=O) groups is 3. The van der Waals surface area contributed by atoms with Crippen molar-refractivity contribution in [3.8, 4) is 0 Å². The predicted octanol–water partition coefficient (Wildman–Crippen LogP) is 2.15. The summed E-state index contributed by atoms with van der Waals surface area (Å²) in [5.41, 5.74) is 2.47. The summed E-state index contributed by atoms with van der Waals surface area (Å²) in [4.78, 5) is 37.8. The van der Waals surface area contributed by atoms with E-state index >= 15 is 0 Å². The van der Waals surface area contributed by atoms with Gasteiger partial charge in [-0.2, -0.15) is 9.31 Å². The van der Waals surface area contributed by atoms with Crippen LogP contribution < -0.4 is 10.7 Å². The molecule has 2 aromatic carbocycles. The van der Waals surface area contributed by atoms with Crippen LogP contribution in [0.15, 0.2) is 59.5 Å². The van der Waals surface area contributed by atoms with Crippen LogP contribution in [0, 0.1) is 0 Å². The van der Waals surface area contributed by atoms with E-state index < -0.39 is 33.4 Å². The maximum Gasteiger partial charge on any atom is 0.344 e. The molecule has 0 aliphatic carbocycles. The molecule has 1 aliphatic heterocycles. The average Bonchev–Trinajstić information content (AvgIpc) is 3.03. The molecule has 1 unspecified atom stereocenters. The number of urea groups is 1. The van der Waals surface area contributed by atoms with E-state index in [2.05, 4.69) is 10.7 Å². The maximum absolute atomic E-state index is 12.9. The number of rotatable bonds is 9. The van der Waals surface area contributed by atoms with Gasteiger partial charge in [-0.15, -0.1) is 0 Å². The lowest BCUT2D eigenvalue weighted by molar-refractivity contribution is -0.138. The van der Waals surface area contributed by atoms with Gasteiger partial charge in [-0.3, -0.25) is 15.0 Å². The lowest BCUT2D eigenvalue weighted by Gasteiger charge is -2.22. The molecule has 4 amide bonds. The highest BCUT2D eigenvalue weighted by molar-refractivity contribution is 7.89. The van der Waals surface area contributed by atoms with Crippen molar-refractivity contribution in [3.63, 3.8) is 0 Å².